The van der Waals surface area contributed by atoms with Crippen LogP contribution in [0.25, 0.3) is 0 Å². The number of methoxy groups -OCH3 is 2. The Labute approximate surface area is 167 Å². The molecule has 1 amide bonds. The van der Waals surface area contributed by atoms with Crippen LogP contribution in [0.3, 0.4) is 0 Å². The van der Waals surface area contributed by atoms with Gasteiger partial charge in [0.2, 0.25) is 5.91 Å². The molecule has 0 saturated heterocycles. The maximum absolute atomic E-state index is 12.5. The summed E-state index contributed by atoms with van der Waals surface area (Å²) >= 11 is 0.923. The Kier molecular flexibility index (Phi) is 7.21. The normalized spacial score (nSPS) is 10.9. The molecule has 2 aromatic rings. The predicted octanol–water partition coefficient (Wildman–Crippen LogP) is 3.40. The van der Waals surface area contributed by atoms with E-state index in [1.165, 1.54) is 32.4 Å². The first-order valence-electron chi connectivity index (χ1n) is 7.91. The van der Waals surface area contributed by atoms with Gasteiger partial charge in [-0.25, -0.2) is 14.6 Å². The third-order valence-electron chi connectivity index (χ3n) is 3.47. The minimum atomic E-state index is -4.49. The lowest BCUT2D eigenvalue weighted by Crippen LogP contribution is -2.16. The molecule has 0 atom stereocenters. The van der Waals surface area contributed by atoms with Crippen LogP contribution in [0.5, 0.6) is 0 Å². The van der Waals surface area contributed by atoms with Gasteiger partial charge in [0.25, 0.3) is 0 Å². The molecule has 0 aliphatic carbocycles. The van der Waals surface area contributed by atoms with Crippen molar-refractivity contribution in [2.45, 2.75) is 11.2 Å². The standard InChI is InChI=1S/C18H15F3N2O5S/c1-27-16(25)10-5-11(17(26)28-2)7-13(6-10)23-14(24)9-29-15-4-3-12(8-22-15)18(19,20)21/h3-8H,9H2,1-2H3,(H,23,24). The van der Waals surface area contributed by atoms with E-state index in [1.54, 1.807) is 0 Å². The van der Waals surface area contributed by atoms with E-state index >= 15 is 0 Å². The third-order valence-corrected chi connectivity index (χ3v) is 4.42. The number of pyridine rings is 1. The van der Waals surface area contributed by atoms with Gasteiger partial charge in [-0.05, 0) is 30.3 Å². The Hall–Kier alpha value is -3.08. The number of nitrogens with zero attached hydrogens (tertiary/aromatic N) is 1. The van der Waals surface area contributed by atoms with Gasteiger partial charge in [0.1, 0.15) is 0 Å². The van der Waals surface area contributed by atoms with Crippen LogP contribution in [0.2, 0.25) is 0 Å². The van der Waals surface area contributed by atoms with Crippen LogP contribution in [0.15, 0.2) is 41.6 Å². The lowest BCUT2D eigenvalue weighted by atomic mass is 10.1. The summed E-state index contributed by atoms with van der Waals surface area (Å²) in [6, 6.07) is 5.92. The molecule has 1 N–H and O–H groups in total. The summed E-state index contributed by atoms with van der Waals surface area (Å²) < 4.78 is 46.8. The summed E-state index contributed by atoms with van der Waals surface area (Å²) in [6.07, 6.45) is -3.81. The fourth-order valence-corrected chi connectivity index (χ4v) is 2.78. The second-order valence-corrected chi connectivity index (χ2v) is 6.50. The van der Waals surface area contributed by atoms with Gasteiger partial charge in [-0.2, -0.15) is 13.2 Å². The van der Waals surface area contributed by atoms with Crippen molar-refractivity contribution in [3.8, 4) is 0 Å². The van der Waals surface area contributed by atoms with E-state index in [1.807, 2.05) is 0 Å². The fourth-order valence-electron chi connectivity index (χ4n) is 2.14. The third kappa shape index (κ3) is 6.21. The number of anilines is 1. The van der Waals surface area contributed by atoms with Crippen LogP contribution in [0, 0.1) is 0 Å². The van der Waals surface area contributed by atoms with Crippen molar-refractivity contribution in [1.82, 2.24) is 4.98 Å². The van der Waals surface area contributed by atoms with E-state index in [2.05, 4.69) is 19.8 Å². The van der Waals surface area contributed by atoms with Crippen LogP contribution in [-0.2, 0) is 20.4 Å². The fraction of sp³-hybridized carbons (Fsp3) is 0.222. The Morgan fingerprint density at radius 3 is 2.07 bits per heavy atom. The number of carbonyl (C=O) groups excluding carboxylic acids is 3. The van der Waals surface area contributed by atoms with E-state index in [0.717, 1.165) is 23.9 Å². The number of thioether (sulfide) groups is 1. The summed E-state index contributed by atoms with van der Waals surface area (Å²) in [4.78, 5) is 39.3. The second kappa shape index (κ2) is 9.41. The molecule has 7 nitrogen and oxygen atoms in total. The first-order chi connectivity index (χ1) is 13.6. The zero-order chi connectivity index (χ0) is 21.6. The van der Waals surface area contributed by atoms with Crippen molar-refractivity contribution in [2.24, 2.45) is 0 Å². The number of rotatable bonds is 6. The van der Waals surface area contributed by atoms with E-state index in [9.17, 15) is 27.6 Å². The number of nitrogens with one attached hydrogen (secondary N) is 1. The Morgan fingerprint density at radius 2 is 1.62 bits per heavy atom. The van der Waals surface area contributed by atoms with Crippen molar-refractivity contribution in [2.75, 3.05) is 25.3 Å². The summed E-state index contributed by atoms with van der Waals surface area (Å²) in [5.41, 5.74) is -0.675. The number of esters is 2. The number of benzene rings is 1. The molecule has 0 unspecified atom stereocenters. The highest BCUT2D eigenvalue weighted by Crippen LogP contribution is 2.29. The van der Waals surface area contributed by atoms with Crippen LogP contribution in [0.1, 0.15) is 26.3 Å². The zero-order valence-electron chi connectivity index (χ0n) is 15.2. The number of aromatic nitrogens is 1. The molecule has 154 valence electrons. The highest BCUT2D eigenvalue weighted by molar-refractivity contribution is 7.99. The Morgan fingerprint density at radius 1 is 1.03 bits per heavy atom. The van der Waals surface area contributed by atoms with E-state index < -0.39 is 29.6 Å². The number of hydrogen-bond donors (Lipinski definition) is 1. The molecule has 0 aliphatic rings. The SMILES string of the molecule is COC(=O)c1cc(NC(=O)CSc2ccc(C(F)(F)F)cn2)cc(C(=O)OC)c1. The highest BCUT2D eigenvalue weighted by Gasteiger charge is 2.30. The van der Waals surface area contributed by atoms with Crippen molar-refractivity contribution >= 4 is 35.3 Å². The maximum atomic E-state index is 12.5. The van der Waals surface area contributed by atoms with Gasteiger partial charge in [-0.3, -0.25) is 4.79 Å². The first kappa shape index (κ1) is 22.2. The summed E-state index contributed by atoms with van der Waals surface area (Å²) in [5.74, 6) is -2.10. The summed E-state index contributed by atoms with van der Waals surface area (Å²) in [7, 11) is 2.33. The summed E-state index contributed by atoms with van der Waals surface area (Å²) in [6.45, 7) is 0. The molecule has 11 heteroatoms. The molecule has 2 rings (SSSR count). The van der Waals surface area contributed by atoms with Crippen LogP contribution < -0.4 is 5.32 Å². The molecular weight excluding hydrogens is 413 g/mol. The van der Waals surface area contributed by atoms with E-state index in [4.69, 9.17) is 0 Å². The number of hydrogen-bond acceptors (Lipinski definition) is 7. The molecule has 29 heavy (non-hydrogen) atoms. The number of halogens is 3. The first-order valence-corrected chi connectivity index (χ1v) is 8.90. The molecular formula is C18H15F3N2O5S. The lowest BCUT2D eigenvalue weighted by Gasteiger charge is -2.10. The van der Waals surface area contributed by atoms with Crippen molar-refractivity contribution in [3.05, 3.63) is 53.2 Å². The molecule has 0 spiro atoms. The average molecular weight is 428 g/mol. The van der Waals surface area contributed by atoms with E-state index in [0.29, 0.717) is 6.20 Å². The quantitative estimate of drug-likeness (QED) is 0.557. The molecule has 0 fully saturated rings. The van der Waals surface area contributed by atoms with Gasteiger partial charge >= 0.3 is 18.1 Å². The van der Waals surface area contributed by atoms with Gasteiger partial charge in [0, 0.05) is 11.9 Å². The molecule has 0 saturated carbocycles. The highest BCUT2D eigenvalue weighted by atomic mass is 32.2. The predicted molar refractivity (Wildman–Crippen MR) is 97.7 cm³/mol. The van der Waals surface area contributed by atoms with Gasteiger partial charge in [0.05, 0.1) is 41.7 Å². The minimum absolute atomic E-state index is 0.0303. The number of alkyl halides is 3. The van der Waals surface area contributed by atoms with Crippen molar-refractivity contribution in [1.29, 1.82) is 0 Å². The van der Waals surface area contributed by atoms with E-state index in [-0.39, 0.29) is 27.6 Å². The summed E-state index contributed by atoms with van der Waals surface area (Å²) in [5, 5.41) is 2.73. The van der Waals surface area contributed by atoms with Crippen molar-refractivity contribution in [3.63, 3.8) is 0 Å². The zero-order valence-corrected chi connectivity index (χ0v) is 16.0. The van der Waals surface area contributed by atoms with Gasteiger partial charge in [0.15, 0.2) is 0 Å². The lowest BCUT2D eigenvalue weighted by molar-refractivity contribution is -0.137. The van der Waals surface area contributed by atoms with Gasteiger partial charge in [-0.15, -0.1) is 0 Å². The van der Waals surface area contributed by atoms with Crippen molar-refractivity contribution < 1.29 is 37.0 Å². The topological polar surface area (TPSA) is 94.6 Å². The Balaban J connectivity index is 2.07. The van der Waals surface area contributed by atoms with Crippen LogP contribution >= 0.6 is 11.8 Å². The number of ether oxygens (including phenoxy) is 2. The number of carbonyl (C=O) groups is 3. The molecule has 1 aromatic carbocycles. The monoisotopic (exact) mass is 428 g/mol. The molecule has 1 aromatic heterocycles. The Bertz CT molecular complexity index is 882. The molecule has 0 aliphatic heterocycles. The smallest absolute Gasteiger partial charge is 0.417 e. The average Bonchev–Trinajstić information content (AvgIpc) is 2.70. The van der Waals surface area contributed by atoms with Crippen LogP contribution in [0.4, 0.5) is 18.9 Å². The van der Waals surface area contributed by atoms with Gasteiger partial charge < -0.3 is 14.8 Å². The van der Waals surface area contributed by atoms with Crippen LogP contribution in [-0.4, -0.2) is 42.8 Å². The molecule has 0 bridgehead atoms. The second-order valence-electron chi connectivity index (χ2n) is 5.50. The minimum Gasteiger partial charge on any atom is -0.465 e. The number of amides is 1. The largest absolute Gasteiger partial charge is 0.465 e. The maximum Gasteiger partial charge on any atom is 0.417 e. The molecule has 0 radical (unpaired) electrons. The van der Waals surface area contributed by atoms with Gasteiger partial charge in [-0.1, -0.05) is 11.8 Å². The molecule has 1 heterocycles.